The summed E-state index contributed by atoms with van der Waals surface area (Å²) in [6.07, 6.45) is 5.02. The fourth-order valence-electron chi connectivity index (χ4n) is 2.94. The molecule has 1 aliphatic heterocycles. The first-order valence-electron chi connectivity index (χ1n) is 7.91. The molecule has 2 N–H and O–H groups in total. The molecule has 1 saturated carbocycles. The molecule has 0 aromatic heterocycles. The van der Waals surface area contributed by atoms with Crippen molar-refractivity contribution in [2.45, 2.75) is 45.6 Å². The summed E-state index contributed by atoms with van der Waals surface area (Å²) in [7, 11) is 0. The lowest BCUT2D eigenvalue weighted by Crippen LogP contribution is -2.45. The number of likely N-dealkylation sites (tertiary alicyclic amines) is 1. The molecule has 1 atom stereocenters. The molecule has 2 aliphatic rings. The Morgan fingerprint density at radius 1 is 1.26 bits per heavy atom. The van der Waals surface area contributed by atoms with E-state index in [4.69, 9.17) is 0 Å². The molecule has 2 rings (SSSR count). The number of piperidine rings is 1. The van der Waals surface area contributed by atoms with E-state index in [9.17, 15) is 4.79 Å². The van der Waals surface area contributed by atoms with Crippen LogP contribution in [0.15, 0.2) is 0 Å². The van der Waals surface area contributed by atoms with E-state index < -0.39 is 0 Å². The van der Waals surface area contributed by atoms with Crippen LogP contribution < -0.4 is 10.6 Å². The lowest BCUT2D eigenvalue weighted by molar-refractivity contribution is -0.122. The largest absolute Gasteiger partial charge is 0.355 e. The van der Waals surface area contributed by atoms with Gasteiger partial charge in [0.2, 0.25) is 5.91 Å². The molecule has 1 heterocycles. The second kappa shape index (κ2) is 7.25. The van der Waals surface area contributed by atoms with E-state index in [1.807, 2.05) is 0 Å². The number of nitrogens with zero attached hydrogens (tertiary/aromatic N) is 1. The Kier molecular flexibility index (Phi) is 5.64. The average Bonchev–Trinajstić information content (AvgIpc) is 3.21. The van der Waals surface area contributed by atoms with Gasteiger partial charge < -0.3 is 10.6 Å². The Balaban J connectivity index is 1.60. The van der Waals surface area contributed by atoms with Crippen molar-refractivity contribution in [1.29, 1.82) is 0 Å². The fraction of sp³-hybridized carbons (Fsp3) is 0.933. The highest BCUT2D eigenvalue weighted by Crippen LogP contribution is 2.27. The number of amides is 1. The van der Waals surface area contributed by atoms with E-state index in [1.54, 1.807) is 0 Å². The Morgan fingerprint density at radius 2 is 1.95 bits per heavy atom. The maximum atomic E-state index is 11.8. The van der Waals surface area contributed by atoms with Gasteiger partial charge in [0.15, 0.2) is 0 Å². The predicted octanol–water partition coefficient (Wildman–Crippen LogP) is 1.22. The second-order valence-corrected chi connectivity index (χ2v) is 6.21. The third kappa shape index (κ3) is 5.11. The van der Waals surface area contributed by atoms with Gasteiger partial charge in [-0.25, -0.2) is 0 Å². The van der Waals surface area contributed by atoms with Crippen molar-refractivity contribution in [2.24, 2.45) is 11.8 Å². The molecular formula is C15H29N3O. The van der Waals surface area contributed by atoms with Crippen LogP contribution in [0.3, 0.4) is 0 Å². The van der Waals surface area contributed by atoms with E-state index in [0.717, 1.165) is 38.0 Å². The van der Waals surface area contributed by atoms with Crippen molar-refractivity contribution >= 4 is 5.91 Å². The van der Waals surface area contributed by atoms with Crippen molar-refractivity contribution < 1.29 is 4.79 Å². The third-order valence-corrected chi connectivity index (χ3v) is 4.52. The molecule has 4 heteroatoms. The molecule has 4 nitrogen and oxygen atoms in total. The van der Waals surface area contributed by atoms with Gasteiger partial charge in [-0.2, -0.15) is 0 Å². The number of carbonyl (C=O) groups excluding carboxylic acids is 1. The standard InChI is InChI=1S/C15H29N3O/c1-3-16-12(2)14-6-8-18(9-7-14)11-15(19)17-10-13-4-5-13/h12-14,16H,3-11H2,1-2H3,(H,17,19). The molecule has 0 bridgehead atoms. The minimum Gasteiger partial charge on any atom is -0.355 e. The number of rotatable bonds is 7. The van der Waals surface area contributed by atoms with Crippen LogP contribution in [0, 0.1) is 11.8 Å². The third-order valence-electron chi connectivity index (χ3n) is 4.52. The van der Waals surface area contributed by atoms with Crippen LogP contribution in [0.25, 0.3) is 0 Å². The number of nitrogens with one attached hydrogen (secondary N) is 2. The first kappa shape index (κ1) is 14.8. The first-order chi connectivity index (χ1) is 9.19. The van der Waals surface area contributed by atoms with E-state index >= 15 is 0 Å². The van der Waals surface area contributed by atoms with Crippen molar-refractivity contribution in [3.63, 3.8) is 0 Å². The molecular weight excluding hydrogens is 238 g/mol. The maximum absolute atomic E-state index is 11.8. The topological polar surface area (TPSA) is 44.4 Å². The van der Waals surface area contributed by atoms with Crippen LogP contribution in [0.5, 0.6) is 0 Å². The van der Waals surface area contributed by atoms with E-state index in [2.05, 4.69) is 29.4 Å². The Bertz CT molecular complexity index is 283. The summed E-state index contributed by atoms with van der Waals surface area (Å²) >= 11 is 0. The summed E-state index contributed by atoms with van der Waals surface area (Å²) in [6, 6.07) is 0.607. The van der Waals surface area contributed by atoms with Crippen molar-refractivity contribution in [2.75, 3.05) is 32.7 Å². The van der Waals surface area contributed by atoms with Crippen LogP contribution in [0.4, 0.5) is 0 Å². The summed E-state index contributed by atoms with van der Waals surface area (Å²) in [5.41, 5.74) is 0. The summed E-state index contributed by atoms with van der Waals surface area (Å²) in [5.74, 6) is 1.76. The summed E-state index contributed by atoms with van der Waals surface area (Å²) in [4.78, 5) is 14.1. The van der Waals surface area contributed by atoms with Gasteiger partial charge in [0.1, 0.15) is 0 Å². The lowest BCUT2D eigenvalue weighted by Gasteiger charge is -2.34. The van der Waals surface area contributed by atoms with Crippen LogP contribution >= 0.6 is 0 Å². The van der Waals surface area contributed by atoms with E-state index in [-0.39, 0.29) is 5.91 Å². The highest BCUT2D eigenvalue weighted by molar-refractivity contribution is 5.78. The van der Waals surface area contributed by atoms with Crippen LogP contribution in [0.1, 0.15) is 39.5 Å². The fourth-order valence-corrected chi connectivity index (χ4v) is 2.94. The molecule has 2 fully saturated rings. The number of carbonyl (C=O) groups is 1. The quantitative estimate of drug-likeness (QED) is 0.729. The van der Waals surface area contributed by atoms with Gasteiger partial charge in [0, 0.05) is 12.6 Å². The molecule has 0 aromatic rings. The molecule has 110 valence electrons. The van der Waals surface area contributed by atoms with Gasteiger partial charge in [-0.05, 0) is 64.1 Å². The highest BCUT2D eigenvalue weighted by atomic mass is 16.2. The maximum Gasteiger partial charge on any atom is 0.234 e. The van der Waals surface area contributed by atoms with Gasteiger partial charge in [0.25, 0.3) is 0 Å². The number of hydrogen-bond acceptors (Lipinski definition) is 3. The molecule has 1 aliphatic carbocycles. The zero-order chi connectivity index (χ0) is 13.7. The number of hydrogen-bond donors (Lipinski definition) is 2. The molecule has 0 spiro atoms. The highest BCUT2D eigenvalue weighted by Gasteiger charge is 2.25. The zero-order valence-electron chi connectivity index (χ0n) is 12.5. The van der Waals surface area contributed by atoms with E-state index in [0.29, 0.717) is 12.6 Å². The Hall–Kier alpha value is -0.610. The van der Waals surface area contributed by atoms with Crippen LogP contribution in [-0.4, -0.2) is 49.6 Å². The monoisotopic (exact) mass is 267 g/mol. The molecule has 1 unspecified atom stereocenters. The first-order valence-corrected chi connectivity index (χ1v) is 7.91. The predicted molar refractivity (Wildman–Crippen MR) is 78.0 cm³/mol. The second-order valence-electron chi connectivity index (χ2n) is 6.21. The zero-order valence-corrected chi connectivity index (χ0v) is 12.5. The molecule has 1 amide bonds. The molecule has 0 aromatic carbocycles. The summed E-state index contributed by atoms with van der Waals surface area (Å²) in [6.45, 7) is 9.11. The normalized spacial score (nSPS) is 23.3. The Labute approximate surface area is 117 Å². The van der Waals surface area contributed by atoms with Gasteiger partial charge in [-0.15, -0.1) is 0 Å². The van der Waals surface area contributed by atoms with Gasteiger partial charge in [0.05, 0.1) is 6.54 Å². The molecule has 0 radical (unpaired) electrons. The summed E-state index contributed by atoms with van der Waals surface area (Å²) < 4.78 is 0. The van der Waals surface area contributed by atoms with Crippen molar-refractivity contribution in [3.8, 4) is 0 Å². The van der Waals surface area contributed by atoms with Gasteiger partial charge in [-0.3, -0.25) is 9.69 Å². The smallest absolute Gasteiger partial charge is 0.234 e. The van der Waals surface area contributed by atoms with Crippen LogP contribution in [-0.2, 0) is 4.79 Å². The summed E-state index contributed by atoms with van der Waals surface area (Å²) in [5, 5.41) is 6.57. The van der Waals surface area contributed by atoms with Crippen molar-refractivity contribution in [3.05, 3.63) is 0 Å². The van der Waals surface area contributed by atoms with Gasteiger partial charge >= 0.3 is 0 Å². The van der Waals surface area contributed by atoms with E-state index in [1.165, 1.54) is 25.7 Å². The van der Waals surface area contributed by atoms with Crippen LogP contribution in [0.2, 0.25) is 0 Å². The molecule has 1 saturated heterocycles. The average molecular weight is 267 g/mol. The minimum absolute atomic E-state index is 0.213. The SMILES string of the molecule is CCNC(C)C1CCN(CC(=O)NCC2CC2)CC1. The van der Waals surface area contributed by atoms with Crippen molar-refractivity contribution in [1.82, 2.24) is 15.5 Å². The minimum atomic E-state index is 0.213. The Morgan fingerprint density at radius 3 is 2.53 bits per heavy atom. The lowest BCUT2D eigenvalue weighted by atomic mass is 9.90. The van der Waals surface area contributed by atoms with Gasteiger partial charge in [-0.1, -0.05) is 6.92 Å². The molecule has 19 heavy (non-hydrogen) atoms.